The summed E-state index contributed by atoms with van der Waals surface area (Å²) in [6, 6.07) is 0. The zero-order valence-electron chi connectivity index (χ0n) is 3.37. The van der Waals surface area contributed by atoms with E-state index in [9.17, 15) is 0 Å². The maximum Gasteiger partial charge on any atom is 0.137 e. The van der Waals surface area contributed by atoms with Gasteiger partial charge in [-0.05, 0) is 10.4 Å². The molecule has 0 saturated carbocycles. The van der Waals surface area contributed by atoms with Gasteiger partial charge in [-0.15, -0.1) is 5.10 Å². The van der Waals surface area contributed by atoms with E-state index in [1.54, 1.807) is 7.05 Å². The fraction of sp³-hybridized carbons (Fsp3) is 0.667. The molecule has 1 aromatic rings. The highest BCUT2D eigenvalue weighted by Gasteiger charge is 1.72. The molecular formula is C3H8N4. The second-order valence-corrected chi connectivity index (χ2v) is 0.983. The minimum Gasteiger partial charge on any atom is -0.236 e. The molecule has 7 heavy (non-hydrogen) atoms. The van der Waals surface area contributed by atoms with Crippen LogP contribution in [0.2, 0.25) is 0 Å². The van der Waals surface area contributed by atoms with E-state index < -0.39 is 0 Å². The first-order valence-corrected chi connectivity index (χ1v) is 1.56. The van der Waals surface area contributed by atoms with E-state index in [0.29, 0.717) is 0 Å². The first kappa shape index (κ1) is 6.07. The number of hydrogen-bond donors (Lipinski definition) is 0. The Balaban J connectivity index is 0.000000360. The van der Waals surface area contributed by atoms with Gasteiger partial charge >= 0.3 is 0 Å². The Hall–Kier alpha value is -0.930. The van der Waals surface area contributed by atoms with Crippen LogP contribution in [0.4, 0.5) is 0 Å². The lowest BCUT2D eigenvalue weighted by Crippen LogP contribution is -1.85. The molecule has 0 aliphatic heterocycles. The van der Waals surface area contributed by atoms with Crippen molar-refractivity contribution < 1.29 is 0 Å². The van der Waals surface area contributed by atoms with E-state index in [0.717, 1.165) is 0 Å². The van der Waals surface area contributed by atoms with Gasteiger partial charge in [0.05, 0.1) is 0 Å². The van der Waals surface area contributed by atoms with E-state index in [4.69, 9.17) is 0 Å². The van der Waals surface area contributed by atoms with Crippen LogP contribution in [0, 0.1) is 0 Å². The van der Waals surface area contributed by atoms with Crippen LogP contribution >= 0.6 is 0 Å². The van der Waals surface area contributed by atoms with E-state index in [1.165, 1.54) is 11.0 Å². The number of tetrazole rings is 1. The van der Waals surface area contributed by atoms with Gasteiger partial charge in [0.15, 0.2) is 0 Å². The van der Waals surface area contributed by atoms with Crippen molar-refractivity contribution in [3.8, 4) is 0 Å². The summed E-state index contributed by atoms with van der Waals surface area (Å²) in [5.74, 6) is 0. The molecule has 0 amide bonds. The van der Waals surface area contributed by atoms with Crippen molar-refractivity contribution in [2.75, 3.05) is 0 Å². The van der Waals surface area contributed by atoms with Crippen molar-refractivity contribution in [1.29, 1.82) is 0 Å². The highest BCUT2D eigenvalue weighted by Crippen LogP contribution is 1.58. The number of aryl methyl sites for hydroxylation is 1. The molecule has 0 N–H and O–H groups in total. The summed E-state index contributed by atoms with van der Waals surface area (Å²) >= 11 is 0. The molecule has 0 radical (unpaired) electrons. The molecule has 0 bridgehead atoms. The summed E-state index contributed by atoms with van der Waals surface area (Å²) in [4.78, 5) is 0. The van der Waals surface area contributed by atoms with Crippen LogP contribution in [0.1, 0.15) is 7.43 Å². The third-order valence-corrected chi connectivity index (χ3v) is 0.451. The zero-order chi connectivity index (χ0) is 4.41. The lowest BCUT2D eigenvalue weighted by Gasteiger charge is -1.71. The van der Waals surface area contributed by atoms with Gasteiger partial charge in [-0.25, -0.2) is 4.68 Å². The number of rotatable bonds is 0. The molecule has 0 unspecified atom stereocenters. The van der Waals surface area contributed by atoms with E-state index in [2.05, 4.69) is 15.5 Å². The first-order chi connectivity index (χ1) is 2.89. The van der Waals surface area contributed by atoms with Crippen LogP contribution in [0.25, 0.3) is 0 Å². The van der Waals surface area contributed by atoms with E-state index in [-0.39, 0.29) is 7.43 Å². The molecule has 1 heterocycles. The van der Waals surface area contributed by atoms with E-state index >= 15 is 0 Å². The largest absolute Gasteiger partial charge is 0.236 e. The highest BCUT2D eigenvalue weighted by atomic mass is 15.5. The molecule has 0 spiro atoms. The number of aromatic nitrogens is 4. The van der Waals surface area contributed by atoms with Gasteiger partial charge in [-0.2, -0.15) is 0 Å². The highest BCUT2D eigenvalue weighted by molar-refractivity contribution is 4.35. The molecule has 0 fully saturated rings. The van der Waals surface area contributed by atoms with Gasteiger partial charge in [0.2, 0.25) is 0 Å². The first-order valence-electron chi connectivity index (χ1n) is 1.56. The Labute approximate surface area is 42.2 Å². The van der Waals surface area contributed by atoms with Crippen LogP contribution in [0.5, 0.6) is 0 Å². The third-order valence-electron chi connectivity index (χ3n) is 0.451. The minimum absolute atomic E-state index is 0. The summed E-state index contributed by atoms with van der Waals surface area (Å²) in [7, 11) is 1.76. The van der Waals surface area contributed by atoms with Gasteiger partial charge in [0, 0.05) is 7.05 Å². The average Bonchev–Trinajstić information content (AvgIpc) is 1.86. The summed E-state index contributed by atoms with van der Waals surface area (Å²) in [5, 5.41) is 10.2. The summed E-state index contributed by atoms with van der Waals surface area (Å²) in [6.07, 6.45) is 1.53. The third kappa shape index (κ3) is 1.30. The van der Waals surface area contributed by atoms with Crippen molar-refractivity contribution in [2.24, 2.45) is 7.05 Å². The van der Waals surface area contributed by atoms with Gasteiger partial charge in [-0.3, -0.25) is 0 Å². The molecule has 0 aromatic carbocycles. The summed E-state index contributed by atoms with van der Waals surface area (Å²) < 4.78 is 1.53. The summed E-state index contributed by atoms with van der Waals surface area (Å²) in [6.45, 7) is 0. The second kappa shape index (κ2) is 2.28. The SMILES string of the molecule is C.Cn1cnnn1. The summed E-state index contributed by atoms with van der Waals surface area (Å²) in [5.41, 5.74) is 0. The van der Waals surface area contributed by atoms with Crippen molar-refractivity contribution in [2.45, 2.75) is 7.43 Å². The molecule has 1 aromatic heterocycles. The quantitative estimate of drug-likeness (QED) is 0.455. The fourth-order valence-electron chi connectivity index (χ4n) is 0.207. The maximum absolute atomic E-state index is 3.47. The molecule has 0 saturated heterocycles. The minimum atomic E-state index is 0. The molecule has 40 valence electrons. The van der Waals surface area contributed by atoms with Crippen LogP contribution < -0.4 is 0 Å². The molecule has 0 aliphatic rings. The second-order valence-electron chi connectivity index (χ2n) is 0.983. The smallest absolute Gasteiger partial charge is 0.137 e. The van der Waals surface area contributed by atoms with Crippen LogP contribution in [-0.4, -0.2) is 20.2 Å². The average molecular weight is 100 g/mol. The maximum atomic E-state index is 3.47. The molecule has 0 atom stereocenters. The number of hydrogen-bond acceptors (Lipinski definition) is 3. The van der Waals surface area contributed by atoms with Gasteiger partial charge in [0.1, 0.15) is 6.33 Å². The molecule has 4 heteroatoms. The fourth-order valence-corrected chi connectivity index (χ4v) is 0.207. The molecular weight excluding hydrogens is 92.1 g/mol. The Bertz CT molecular complexity index is 110. The topological polar surface area (TPSA) is 43.6 Å². The molecule has 0 aliphatic carbocycles. The van der Waals surface area contributed by atoms with Crippen molar-refractivity contribution >= 4 is 0 Å². The normalized spacial score (nSPS) is 7.57. The van der Waals surface area contributed by atoms with Crippen LogP contribution in [0.3, 0.4) is 0 Å². The lowest BCUT2D eigenvalue weighted by molar-refractivity contribution is 0.710. The van der Waals surface area contributed by atoms with Gasteiger partial charge < -0.3 is 0 Å². The van der Waals surface area contributed by atoms with Gasteiger partial charge in [0.25, 0.3) is 0 Å². The standard InChI is InChI=1S/C2H4N4.CH4/c1-6-2-3-4-5-6;/h2H,1H3;1H4. The Kier molecular flexibility index (Phi) is 1.98. The van der Waals surface area contributed by atoms with Crippen molar-refractivity contribution in [1.82, 2.24) is 20.2 Å². The monoisotopic (exact) mass is 100 g/mol. The van der Waals surface area contributed by atoms with E-state index in [1.807, 2.05) is 0 Å². The van der Waals surface area contributed by atoms with Crippen LogP contribution in [-0.2, 0) is 7.05 Å². The number of nitrogens with zero attached hydrogens (tertiary/aromatic N) is 4. The molecule has 4 nitrogen and oxygen atoms in total. The predicted molar refractivity (Wildman–Crippen MR) is 25.5 cm³/mol. The zero-order valence-corrected chi connectivity index (χ0v) is 3.37. The van der Waals surface area contributed by atoms with Gasteiger partial charge in [-0.1, -0.05) is 7.43 Å². The predicted octanol–water partition coefficient (Wildman–Crippen LogP) is -0.154. The van der Waals surface area contributed by atoms with Crippen molar-refractivity contribution in [3.05, 3.63) is 6.33 Å². The Morgan fingerprint density at radius 1 is 1.57 bits per heavy atom. The molecule has 1 rings (SSSR count). The van der Waals surface area contributed by atoms with Crippen LogP contribution in [0.15, 0.2) is 6.33 Å². The Morgan fingerprint density at radius 3 is 2.43 bits per heavy atom. The van der Waals surface area contributed by atoms with Crippen molar-refractivity contribution in [3.63, 3.8) is 0 Å². The lowest BCUT2D eigenvalue weighted by atomic mass is 11.2. The Morgan fingerprint density at radius 2 is 2.29 bits per heavy atom.